The third-order valence-corrected chi connectivity index (χ3v) is 4.43. The van der Waals surface area contributed by atoms with E-state index < -0.39 is 8.77 Å². The quantitative estimate of drug-likeness (QED) is 0.921. The zero-order valence-electron chi connectivity index (χ0n) is 11.1. The molecule has 0 spiro atoms. The van der Waals surface area contributed by atoms with Crippen molar-refractivity contribution in [3.63, 3.8) is 0 Å². The van der Waals surface area contributed by atoms with Crippen LogP contribution in [0.5, 0.6) is 5.75 Å². The lowest BCUT2D eigenvalue weighted by Crippen LogP contribution is -2.04. The molecule has 2 aromatic rings. The summed E-state index contributed by atoms with van der Waals surface area (Å²) in [6, 6.07) is 14.7. The van der Waals surface area contributed by atoms with Crippen molar-refractivity contribution < 1.29 is 13.5 Å². The van der Waals surface area contributed by atoms with Gasteiger partial charge >= 0.3 is 0 Å². The maximum Gasteiger partial charge on any atom is 0.171 e. The predicted octanol–water partition coefficient (Wildman–Crippen LogP) is 3.19. The zero-order valence-corrected chi connectivity index (χ0v) is 12.7. The van der Waals surface area contributed by atoms with Crippen LogP contribution in [0.25, 0.3) is 0 Å². The maximum atomic E-state index is 11.5. The summed E-state index contributed by atoms with van der Waals surface area (Å²) in [5.41, 5.74) is 2.04. The normalized spacial score (nSPS) is 13.7. The summed E-state index contributed by atoms with van der Waals surface area (Å²) in [7, 11) is -3.33. The molecule has 0 aliphatic heterocycles. The molecular formula is C15H16O3S2. The summed E-state index contributed by atoms with van der Waals surface area (Å²) in [5.74, 6) is 0.815. The van der Waals surface area contributed by atoms with Crippen molar-refractivity contribution >= 4 is 20.0 Å². The van der Waals surface area contributed by atoms with Crippen LogP contribution in [0, 0.1) is 6.92 Å². The van der Waals surface area contributed by atoms with Crippen molar-refractivity contribution in [2.45, 2.75) is 18.2 Å². The number of aryl methyl sites for hydroxylation is 1. The van der Waals surface area contributed by atoms with Crippen molar-refractivity contribution in [1.82, 2.24) is 0 Å². The molecule has 106 valence electrons. The molecule has 0 saturated carbocycles. The van der Waals surface area contributed by atoms with Crippen LogP contribution in [-0.2, 0) is 26.4 Å². The summed E-state index contributed by atoms with van der Waals surface area (Å²) in [6.45, 7) is 2.47. The first-order valence-corrected chi connectivity index (χ1v) is 8.66. The van der Waals surface area contributed by atoms with Crippen molar-refractivity contribution in [2.24, 2.45) is 0 Å². The highest BCUT2D eigenvalue weighted by atomic mass is 32.8. The monoisotopic (exact) mass is 308 g/mol. The van der Waals surface area contributed by atoms with Gasteiger partial charge in [-0.05, 0) is 42.3 Å². The lowest BCUT2D eigenvalue weighted by atomic mass is 10.1. The summed E-state index contributed by atoms with van der Waals surface area (Å²) in [5, 5.41) is 0. The van der Waals surface area contributed by atoms with E-state index in [1.807, 2.05) is 43.3 Å². The Morgan fingerprint density at radius 2 is 1.90 bits per heavy atom. The fourth-order valence-corrected chi connectivity index (χ4v) is 2.72. The average molecular weight is 308 g/mol. The fraction of sp³-hybridized carbons (Fsp3) is 0.200. The summed E-state index contributed by atoms with van der Waals surface area (Å²) in [4.78, 5) is 0.285. The number of ether oxygens (including phenoxy) is 1. The van der Waals surface area contributed by atoms with Gasteiger partial charge in [-0.2, -0.15) is 0 Å². The minimum atomic E-state index is -3.33. The van der Waals surface area contributed by atoms with Crippen LogP contribution in [0.4, 0.5) is 0 Å². The highest BCUT2D eigenvalue weighted by Crippen LogP contribution is 2.17. The molecule has 0 amide bonds. The number of hydrogen-bond acceptors (Lipinski definition) is 3. The van der Waals surface area contributed by atoms with E-state index in [-0.39, 0.29) is 4.90 Å². The van der Waals surface area contributed by atoms with Crippen LogP contribution in [0.1, 0.15) is 11.1 Å². The van der Waals surface area contributed by atoms with Crippen LogP contribution in [0.15, 0.2) is 53.4 Å². The fourth-order valence-electron chi connectivity index (χ4n) is 1.87. The standard InChI is InChI=1S/C15H16O3S2/c1-12-7-8-15(20(16,17)19)11-13(12)9-10-18-14-5-3-2-4-6-14/h2-8,11H,9-10H2,1H3,(H,16,17,19). The first-order chi connectivity index (χ1) is 9.47. The van der Waals surface area contributed by atoms with E-state index in [1.165, 1.54) is 0 Å². The lowest BCUT2D eigenvalue weighted by Gasteiger charge is -2.10. The van der Waals surface area contributed by atoms with Gasteiger partial charge in [0.15, 0.2) is 8.77 Å². The molecule has 1 N–H and O–H groups in total. The van der Waals surface area contributed by atoms with E-state index in [1.54, 1.807) is 12.1 Å². The Balaban J connectivity index is 2.06. The molecule has 0 aliphatic rings. The molecule has 0 aromatic heterocycles. The Kier molecular flexibility index (Phi) is 4.75. The van der Waals surface area contributed by atoms with Crippen molar-refractivity contribution in [1.29, 1.82) is 0 Å². The Labute approximate surface area is 124 Å². The van der Waals surface area contributed by atoms with Crippen molar-refractivity contribution in [3.8, 4) is 5.75 Å². The van der Waals surface area contributed by atoms with E-state index in [4.69, 9.17) is 4.74 Å². The second-order valence-electron chi connectivity index (χ2n) is 4.47. The van der Waals surface area contributed by atoms with Gasteiger partial charge in [-0.3, -0.25) is 0 Å². The molecule has 0 saturated heterocycles. The van der Waals surface area contributed by atoms with E-state index in [9.17, 15) is 8.76 Å². The van der Waals surface area contributed by atoms with Gasteiger partial charge in [0, 0.05) is 17.6 Å². The molecule has 1 unspecified atom stereocenters. The Bertz CT molecular complexity index is 680. The van der Waals surface area contributed by atoms with Gasteiger partial charge in [-0.25, -0.2) is 4.21 Å². The van der Waals surface area contributed by atoms with Gasteiger partial charge in [-0.15, -0.1) is 0 Å². The van der Waals surface area contributed by atoms with Gasteiger partial charge in [0.1, 0.15) is 5.75 Å². The zero-order chi connectivity index (χ0) is 14.6. The Morgan fingerprint density at radius 3 is 2.55 bits per heavy atom. The van der Waals surface area contributed by atoms with E-state index in [2.05, 4.69) is 11.2 Å². The van der Waals surface area contributed by atoms with E-state index in [0.29, 0.717) is 13.0 Å². The van der Waals surface area contributed by atoms with Crippen LogP contribution in [0.3, 0.4) is 0 Å². The first kappa shape index (κ1) is 15.0. The van der Waals surface area contributed by atoms with E-state index in [0.717, 1.165) is 16.9 Å². The highest BCUT2D eigenvalue weighted by molar-refractivity contribution is 8.29. The third kappa shape index (κ3) is 4.03. The summed E-state index contributed by atoms with van der Waals surface area (Å²) < 4.78 is 26.5. The topological polar surface area (TPSA) is 46.5 Å². The molecule has 5 heteroatoms. The molecule has 2 aromatic carbocycles. The minimum absolute atomic E-state index is 0.285. The average Bonchev–Trinajstić information content (AvgIpc) is 2.41. The number of benzene rings is 2. The van der Waals surface area contributed by atoms with Gasteiger partial charge in [-0.1, -0.05) is 24.3 Å². The minimum Gasteiger partial charge on any atom is -0.493 e. The predicted molar refractivity (Wildman–Crippen MR) is 83.2 cm³/mol. The van der Waals surface area contributed by atoms with Crippen LogP contribution in [-0.4, -0.2) is 15.4 Å². The van der Waals surface area contributed by atoms with Gasteiger partial charge in [0.2, 0.25) is 0 Å². The number of para-hydroxylation sites is 1. The molecular weight excluding hydrogens is 292 g/mol. The molecule has 1 atom stereocenters. The summed E-state index contributed by atoms with van der Waals surface area (Å²) in [6.07, 6.45) is 0.666. The lowest BCUT2D eigenvalue weighted by molar-refractivity contribution is 0.321. The van der Waals surface area contributed by atoms with Crippen LogP contribution in [0.2, 0.25) is 0 Å². The molecule has 0 heterocycles. The largest absolute Gasteiger partial charge is 0.493 e. The number of rotatable bonds is 5. The highest BCUT2D eigenvalue weighted by Gasteiger charge is 2.08. The Hall–Kier alpha value is -1.43. The van der Waals surface area contributed by atoms with Gasteiger partial charge < -0.3 is 9.29 Å². The molecule has 0 aliphatic carbocycles. The SMILES string of the molecule is Cc1ccc(S(=O)(O)=S)cc1CCOc1ccccc1. The maximum absolute atomic E-state index is 11.5. The Morgan fingerprint density at radius 1 is 1.20 bits per heavy atom. The third-order valence-electron chi connectivity index (χ3n) is 3.00. The van der Waals surface area contributed by atoms with Crippen LogP contribution < -0.4 is 4.74 Å². The van der Waals surface area contributed by atoms with Crippen molar-refractivity contribution in [2.75, 3.05) is 6.61 Å². The summed E-state index contributed by atoms with van der Waals surface area (Å²) >= 11 is 4.60. The smallest absolute Gasteiger partial charge is 0.171 e. The van der Waals surface area contributed by atoms with Gasteiger partial charge in [0.05, 0.1) is 11.5 Å². The van der Waals surface area contributed by atoms with Gasteiger partial charge in [0.25, 0.3) is 0 Å². The molecule has 20 heavy (non-hydrogen) atoms. The van der Waals surface area contributed by atoms with Crippen LogP contribution >= 0.6 is 0 Å². The second kappa shape index (κ2) is 6.35. The van der Waals surface area contributed by atoms with Crippen molar-refractivity contribution in [3.05, 3.63) is 59.7 Å². The molecule has 0 bridgehead atoms. The second-order valence-corrected chi connectivity index (χ2v) is 7.25. The molecule has 2 rings (SSSR count). The number of hydrogen-bond donors (Lipinski definition) is 1. The van der Waals surface area contributed by atoms with E-state index >= 15 is 0 Å². The molecule has 0 radical (unpaired) electrons. The molecule has 3 nitrogen and oxygen atoms in total. The molecule has 0 fully saturated rings. The first-order valence-electron chi connectivity index (χ1n) is 6.22.